The summed E-state index contributed by atoms with van der Waals surface area (Å²) in [6.07, 6.45) is 3.99. The van der Waals surface area contributed by atoms with Crippen LogP contribution in [0, 0.1) is 5.92 Å². The first-order valence-electron chi connectivity index (χ1n) is 2.47. The first kappa shape index (κ1) is 7.65. The largest absolute Gasteiger partial charge is 0.360 e. The van der Waals surface area contributed by atoms with E-state index in [4.69, 9.17) is 5.73 Å². The molecule has 0 atom stereocenters. The Labute approximate surface area is 58.9 Å². The van der Waals surface area contributed by atoms with Crippen LogP contribution in [0.4, 0.5) is 0 Å². The number of nitrogens with two attached hydrogens (primary N) is 1. The maximum absolute atomic E-state index is 5.30. The van der Waals surface area contributed by atoms with Gasteiger partial charge in [0, 0.05) is 21.1 Å². The first-order valence-corrected chi connectivity index (χ1v) is 2.47. The number of hydrogen-bond acceptors (Lipinski definition) is 1. The van der Waals surface area contributed by atoms with Crippen molar-refractivity contribution in [3.05, 3.63) is 5.92 Å². The first-order chi connectivity index (χ1) is 2.93. The molecule has 1 saturated carbocycles. The average molecular weight is 279 g/mol. The van der Waals surface area contributed by atoms with Crippen molar-refractivity contribution >= 4 is 0 Å². The molecule has 46 valence electrons. The van der Waals surface area contributed by atoms with E-state index in [9.17, 15) is 0 Å². The maximum Gasteiger partial charge on any atom is 0 e. The predicted molar refractivity (Wildman–Crippen MR) is 26.1 cm³/mol. The SMILES string of the molecule is NC[C-]1CCC1.[Pt]. The van der Waals surface area contributed by atoms with Gasteiger partial charge in [-0.25, -0.2) is 0 Å². The van der Waals surface area contributed by atoms with Gasteiger partial charge in [-0.15, -0.1) is 13.0 Å². The fourth-order valence-electron chi connectivity index (χ4n) is 0.631. The van der Waals surface area contributed by atoms with Crippen LogP contribution in [-0.2, 0) is 21.1 Å². The van der Waals surface area contributed by atoms with E-state index >= 15 is 0 Å². The summed E-state index contributed by atoms with van der Waals surface area (Å²) in [6, 6.07) is 0. The molecule has 0 radical (unpaired) electrons. The van der Waals surface area contributed by atoms with E-state index < -0.39 is 0 Å². The molecule has 0 spiro atoms. The quantitative estimate of drug-likeness (QED) is 0.703. The Balaban J connectivity index is 0.000000360. The van der Waals surface area contributed by atoms with E-state index in [1.165, 1.54) is 19.3 Å². The summed E-state index contributed by atoms with van der Waals surface area (Å²) in [5.74, 6) is 1.55. The maximum atomic E-state index is 5.30. The molecule has 0 unspecified atom stereocenters. The molecule has 1 rings (SSSR count). The zero-order valence-electron chi connectivity index (χ0n) is 4.22. The van der Waals surface area contributed by atoms with Gasteiger partial charge in [0.1, 0.15) is 0 Å². The molecule has 0 aromatic heterocycles. The standard InChI is InChI=1S/C5H10N.Pt/c6-4-5-2-1-3-5;/h1-4,6H2;/q-1;. The van der Waals surface area contributed by atoms with Gasteiger partial charge in [0.2, 0.25) is 0 Å². The third-order valence-electron chi connectivity index (χ3n) is 1.35. The van der Waals surface area contributed by atoms with Crippen LogP contribution in [0.15, 0.2) is 0 Å². The van der Waals surface area contributed by atoms with Gasteiger partial charge in [0.05, 0.1) is 0 Å². The van der Waals surface area contributed by atoms with E-state index in [2.05, 4.69) is 0 Å². The summed E-state index contributed by atoms with van der Waals surface area (Å²) in [6.45, 7) is 0.833. The molecule has 0 aliphatic heterocycles. The predicted octanol–water partition coefficient (Wildman–Crippen LogP) is 0.701. The van der Waals surface area contributed by atoms with Crippen LogP contribution in [-0.4, -0.2) is 6.54 Å². The van der Waals surface area contributed by atoms with Crippen LogP contribution in [0.3, 0.4) is 0 Å². The van der Waals surface area contributed by atoms with Crippen LogP contribution >= 0.6 is 0 Å². The van der Waals surface area contributed by atoms with Gasteiger partial charge in [0.15, 0.2) is 0 Å². The molecule has 1 fully saturated rings. The molecule has 0 aromatic carbocycles. The summed E-state index contributed by atoms with van der Waals surface area (Å²) in [5.41, 5.74) is 5.30. The average Bonchev–Trinajstić information content (AvgIpc) is 1.31. The summed E-state index contributed by atoms with van der Waals surface area (Å²) < 4.78 is 0. The molecule has 0 saturated heterocycles. The van der Waals surface area contributed by atoms with E-state index in [1.54, 1.807) is 5.92 Å². The van der Waals surface area contributed by atoms with Crippen molar-refractivity contribution in [3.8, 4) is 0 Å². The fourth-order valence-corrected chi connectivity index (χ4v) is 0.631. The fraction of sp³-hybridized carbons (Fsp3) is 0.800. The minimum absolute atomic E-state index is 0. The molecule has 1 aliphatic rings. The molecule has 1 aliphatic carbocycles. The van der Waals surface area contributed by atoms with Crippen molar-refractivity contribution in [1.29, 1.82) is 0 Å². The van der Waals surface area contributed by atoms with Crippen molar-refractivity contribution in [1.82, 2.24) is 0 Å². The number of hydrogen-bond donors (Lipinski definition) is 1. The van der Waals surface area contributed by atoms with Crippen molar-refractivity contribution in [2.45, 2.75) is 19.3 Å². The molecular formula is C5H10NPt-. The van der Waals surface area contributed by atoms with E-state index in [1.807, 2.05) is 0 Å². The second-order valence-electron chi connectivity index (χ2n) is 1.81. The van der Waals surface area contributed by atoms with E-state index in [0.29, 0.717) is 0 Å². The van der Waals surface area contributed by atoms with E-state index in [0.717, 1.165) is 6.54 Å². The van der Waals surface area contributed by atoms with Gasteiger partial charge in [-0.3, -0.25) is 0 Å². The van der Waals surface area contributed by atoms with Crippen LogP contribution in [0.5, 0.6) is 0 Å². The summed E-state index contributed by atoms with van der Waals surface area (Å²) in [5, 5.41) is 0. The third kappa shape index (κ3) is 1.92. The van der Waals surface area contributed by atoms with E-state index in [-0.39, 0.29) is 21.1 Å². The Kier molecular flexibility index (Phi) is 3.96. The molecule has 0 heterocycles. The smallest absolute Gasteiger partial charge is 0 e. The third-order valence-corrected chi connectivity index (χ3v) is 1.35. The Morgan fingerprint density at radius 1 is 1.43 bits per heavy atom. The van der Waals surface area contributed by atoms with Crippen molar-refractivity contribution in [3.63, 3.8) is 0 Å². The Morgan fingerprint density at radius 3 is 2.00 bits per heavy atom. The normalized spacial score (nSPS) is 20.1. The second-order valence-corrected chi connectivity index (χ2v) is 1.81. The molecule has 1 nitrogen and oxygen atoms in total. The van der Waals surface area contributed by atoms with Crippen molar-refractivity contribution in [2.24, 2.45) is 5.73 Å². The summed E-state index contributed by atoms with van der Waals surface area (Å²) >= 11 is 0. The topological polar surface area (TPSA) is 26.0 Å². The van der Waals surface area contributed by atoms with Gasteiger partial charge in [0.25, 0.3) is 0 Å². The van der Waals surface area contributed by atoms with Gasteiger partial charge >= 0.3 is 0 Å². The Hall–Kier alpha value is 0.648. The van der Waals surface area contributed by atoms with Crippen LogP contribution in [0.2, 0.25) is 0 Å². The zero-order valence-corrected chi connectivity index (χ0v) is 6.49. The van der Waals surface area contributed by atoms with Gasteiger partial charge in [-0.2, -0.15) is 12.8 Å². The number of rotatable bonds is 1. The van der Waals surface area contributed by atoms with Crippen LogP contribution in [0.25, 0.3) is 0 Å². The van der Waals surface area contributed by atoms with Crippen LogP contribution in [0.1, 0.15) is 19.3 Å². The van der Waals surface area contributed by atoms with Gasteiger partial charge in [-0.05, 0) is 0 Å². The van der Waals surface area contributed by atoms with Crippen molar-refractivity contribution in [2.75, 3.05) is 6.54 Å². The minimum Gasteiger partial charge on any atom is -0.360 e. The Bertz CT molecular complexity index is 40.6. The summed E-state index contributed by atoms with van der Waals surface area (Å²) in [7, 11) is 0. The molecule has 0 bridgehead atoms. The Morgan fingerprint density at radius 2 is 2.00 bits per heavy atom. The minimum atomic E-state index is 0. The molecule has 0 amide bonds. The van der Waals surface area contributed by atoms with Crippen molar-refractivity contribution < 1.29 is 21.1 Å². The molecule has 7 heavy (non-hydrogen) atoms. The molecule has 2 heteroatoms. The monoisotopic (exact) mass is 279 g/mol. The van der Waals surface area contributed by atoms with Gasteiger partial charge in [-0.1, -0.05) is 0 Å². The molecular weight excluding hydrogens is 269 g/mol. The zero-order chi connectivity index (χ0) is 4.41. The second kappa shape index (κ2) is 3.63. The summed E-state index contributed by atoms with van der Waals surface area (Å²) in [4.78, 5) is 0. The molecule has 2 N–H and O–H groups in total. The van der Waals surface area contributed by atoms with Crippen LogP contribution < -0.4 is 5.73 Å². The molecule has 0 aromatic rings. The van der Waals surface area contributed by atoms with Gasteiger partial charge < -0.3 is 11.7 Å².